The minimum atomic E-state index is -1.04. The molecule has 0 saturated carbocycles. The van der Waals surface area contributed by atoms with Gasteiger partial charge in [-0.2, -0.15) is 0 Å². The molecule has 4 rings (SSSR count). The molecule has 2 unspecified atom stereocenters. The van der Waals surface area contributed by atoms with E-state index in [-0.39, 0.29) is 35.2 Å². The average Bonchev–Trinajstić information content (AvgIpc) is 2.88. The largest absolute Gasteiger partial charge is 0.478 e. The number of likely N-dealkylation sites (tertiary alicyclic amines) is 2. The van der Waals surface area contributed by atoms with Gasteiger partial charge in [0, 0.05) is 37.2 Å². The van der Waals surface area contributed by atoms with E-state index in [4.69, 9.17) is 16.2 Å². The molecule has 2 saturated heterocycles. The van der Waals surface area contributed by atoms with Crippen molar-refractivity contribution in [3.05, 3.63) is 65.7 Å². The summed E-state index contributed by atoms with van der Waals surface area (Å²) < 4.78 is 0. The third-order valence-corrected chi connectivity index (χ3v) is 6.99. The molecule has 2 atom stereocenters. The number of nitrogens with two attached hydrogens (primary N) is 1. The number of rotatable bonds is 5. The van der Waals surface area contributed by atoms with Crippen molar-refractivity contribution in [3.63, 3.8) is 0 Å². The Bertz CT molecular complexity index is 1080. The van der Waals surface area contributed by atoms with Crippen LogP contribution in [-0.4, -0.2) is 64.3 Å². The number of piperidine rings is 2. The summed E-state index contributed by atoms with van der Waals surface area (Å²) in [4.78, 5) is 42.0. The van der Waals surface area contributed by atoms with Gasteiger partial charge in [0.1, 0.15) is 6.04 Å². The summed E-state index contributed by atoms with van der Waals surface area (Å²) in [6.45, 7) is 1.61. The second kappa shape index (κ2) is 10.6. The lowest BCUT2D eigenvalue weighted by Crippen LogP contribution is -2.56. The third-order valence-electron chi connectivity index (χ3n) is 6.99. The van der Waals surface area contributed by atoms with E-state index in [1.54, 1.807) is 21.9 Å². The molecule has 0 radical (unpaired) electrons. The summed E-state index contributed by atoms with van der Waals surface area (Å²) in [6.07, 6.45) is 2.77. The van der Waals surface area contributed by atoms with Crippen molar-refractivity contribution < 1.29 is 19.5 Å². The zero-order valence-electron chi connectivity index (χ0n) is 19.5. The lowest BCUT2D eigenvalue weighted by atomic mass is 9.81. The smallest absolute Gasteiger partial charge is 0.335 e. The van der Waals surface area contributed by atoms with Gasteiger partial charge in [-0.15, -0.1) is 0 Å². The first kappa shape index (κ1) is 24.3. The van der Waals surface area contributed by atoms with Crippen LogP contribution in [-0.2, 0) is 9.59 Å². The van der Waals surface area contributed by atoms with Crippen LogP contribution in [0.15, 0.2) is 54.6 Å². The van der Waals surface area contributed by atoms with Gasteiger partial charge in [-0.3, -0.25) is 15.0 Å². The number of carbonyl (C=O) groups is 3. The van der Waals surface area contributed by atoms with Crippen molar-refractivity contribution in [2.24, 2.45) is 11.7 Å². The van der Waals surface area contributed by atoms with E-state index < -0.39 is 12.0 Å². The molecule has 5 N–H and O–H groups in total. The fraction of sp³-hybridized carbons (Fsp3) is 0.385. The molecule has 2 aliphatic heterocycles. The van der Waals surface area contributed by atoms with Crippen molar-refractivity contribution in [2.75, 3.05) is 25.0 Å². The number of carbonyl (C=O) groups excluding carboxylic acids is 2. The SMILES string of the molecule is N=C(N)N1CCC(C(=O)N2CCCC(c3ccccc3)C2C(=O)Nc2ccc(C(=O)O)cc2)CC1. The number of carboxylic acids is 1. The molecule has 184 valence electrons. The standard InChI is InChI=1S/C26H31N5O4/c27-26(28)30-15-12-18(13-16-30)24(33)31-14-4-7-21(17-5-2-1-3-6-17)22(31)23(32)29-20-10-8-19(9-11-20)25(34)35/h1-3,5-6,8-11,18,21-22H,4,7,12-16H2,(H3,27,28)(H,29,32)(H,34,35). The summed E-state index contributed by atoms with van der Waals surface area (Å²) in [7, 11) is 0. The van der Waals surface area contributed by atoms with E-state index >= 15 is 0 Å². The van der Waals surface area contributed by atoms with Gasteiger partial charge in [-0.05, 0) is 55.5 Å². The van der Waals surface area contributed by atoms with Crippen LogP contribution in [0, 0.1) is 11.3 Å². The molecule has 0 bridgehead atoms. The molecule has 9 heteroatoms. The summed E-state index contributed by atoms with van der Waals surface area (Å²) in [5, 5.41) is 19.7. The van der Waals surface area contributed by atoms with E-state index in [9.17, 15) is 14.4 Å². The Kier molecular flexibility index (Phi) is 7.33. The molecule has 35 heavy (non-hydrogen) atoms. The number of hydrogen-bond acceptors (Lipinski definition) is 4. The fourth-order valence-corrected chi connectivity index (χ4v) is 5.13. The van der Waals surface area contributed by atoms with Gasteiger partial charge in [0.15, 0.2) is 5.96 Å². The highest BCUT2D eigenvalue weighted by Gasteiger charge is 2.42. The van der Waals surface area contributed by atoms with Crippen LogP contribution in [0.3, 0.4) is 0 Å². The number of amides is 2. The fourth-order valence-electron chi connectivity index (χ4n) is 5.13. The van der Waals surface area contributed by atoms with Gasteiger partial charge < -0.3 is 26.0 Å². The number of guanidine groups is 1. The summed E-state index contributed by atoms with van der Waals surface area (Å²) in [5.41, 5.74) is 7.24. The molecule has 0 aliphatic carbocycles. The highest BCUT2D eigenvalue weighted by Crippen LogP contribution is 2.35. The number of aromatic carboxylic acids is 1. The Hall–Kier alpha value is -3.88. The summed E-state index contributed by atoms with van der Waals surface area (Å²) >= 11 is 0. The highest BCUT2D eigenvalue weighted by atomic mass is 16.4. The minimum absolute atomic E-state index is 0.0178. The maximum atomic E-state index is 13.7. The van der Waals surface area contributed by atoms with Gasteiger partial charge in [0.25, 0.3) is 0 Å². The van der Waals surface area contributed by atoms with Crippen molar-refractivity contribution in [3.8, 4) is 0 Å². The Morgan fingerprint density at radius 3 is 2.20 bits per heavy atom. The van der Waals surface area contributed by atoms with Gasteiger partial charge >= 0.3 is 5.97 Å². The molecular weight excluding hydrogens is 446 g/mol. The Morgan fingerprint density at radius 1 is 0.943 bits per heavy atom. The van der Waals surface area contributed by atoms with Crippen molar-refractivity contribution in [1.29, 1.82) is 5.41 Å². The molecule has 2 aromatic rings. The van der Waals surface area contributed by atoms with E-state index in [2.05, 4.69) is 5.32 Å². The van der Waals surface area contributed by atoms with E-state index in [0.29, 0.717) is 38.2 Å². The zero-order valence-corrected chi connectivity index (χ0v) is 19.5. The number of carboxylic acid groups (broad SMARTS) is 1. The van der Waals surface area contributed by atoms with Gasteiger partial charge in [0.2, 0.25) is 11.8 Å². The number of anilines is 1. The first-order valence-corrected chi connectivity index (χ1v) is 11.9. The maximum absolute atomic E-state index is 13.7. The first-order chi connectivity index (χ1) is 16.8. The number of nitrogens with one attached hydrogen (secondary N) is 2. The molecule has 0 aromatic heterocycles. The third kappa shape index (κ3) is 5.45. The molecule has 9 nitrogen and oxygen atoms in total. The Balaban J connectivity index is 1.58. The average molecular weight is 478 g/mol. The van der Waals surface area contributed by atoms with Crippen LogP contribution in [0.5, 0.6) is 0 Å². The molecular formula is C26H31N5O4. The highest BCUT2D eigenvalue weighted by molar-refractivity contribution is 5.99. The topological polar surface area (TPSA) is 140 Å². The van der Waals surface area contributed by atoms with Crippen molar-refractivity contribution in [1.82, 2.24) is 9.80 Å². The second-order valence-electron chi connectivity index (χ2n) is 9.15. The monoisotopic (exact) mass is 477 g/mol. The van der Waals surface area contributed by atoms with Crippen LogP contribution >= 0.6 is 0 Å². The minimum Gasteiger partial charge on any atom is -0.478 e. The number of nitrogens with zero attached hydrogens (tertiary/aromatic N) is 2. The Labute approximate surface area is 204 Å². The molecule has 0 spiro atoms. The van der Waals surface area contributed by atoms with Crippen LogP contribution in [0.4, 0.5) is 5.69 Å². The van der Waals surface area contributed by atoms with E-state index in [1.165, 1.54) is 12.1 Å². The lowest BCUT2D eigenvalue weighted by Gasteiger charge is -2.43. The molecule has 2 heterocycles. The summed E-state index contributed by atoms with van der Waals surface area (Å²) in [5.74, 6) is -1.70. The second-order valence-corrected chi connectivity index (χ2v) is 9.15. The van der Waals surface area contributed by atoms with Gasteiger partial charge in [0.05, 0.1) is 5.56 Å². The number of benzene rings is 2. The zero-order chi connectivity index (χ0) is 24.9. The predicted octanol–water partition coefficient (Wildman–Crippen LogP) is 2.70. The van der Waals surface area contributed by atoms with Crippen LogP contribution < -0.4 is 11.1 Å². The Morgan fingerprint density at radius 2 is 1.60 bits per heavy atom. The van der Waals surface area contributed by atoms with Gasteiger partial charge in [-0.25, -0.2) is 4.79 Å². The van der Waals surface area contributed by atoms with Crippen molar-refractivity contribution >= 4 is 29.4 Å². The molecule has 2 aromatic carbocycles. The van der Waals surface area contributed by atoms with Crippen LogP contribution in [0.1, 0.15) is 47.5 Å². The van der Waals surface area contributed by atoms with E-state index in [1.807, 2.05) is 30.3 Å². The van der Waals surface area contributed by atoms with E-state index in [0.717, 1.165) is 18.4 Å². The number of hydrogen-bond donors (Lipinski definition) is 4. The normalized spacial score (nSPS) is 20.8. The maximum Gasteiger partial charge on any atom is 0.335 e. The first-order valence-electron chi connectivity index (χ1n) is 11.9. The van der Waals surface area contributed by atoms with Crippen LogP contribution in [0.2, 0.25) is 0 Å². The molecule has 2 amide bonds. The van der Waals surface area contributed by atoms with Gasteiger partial charge in [-0.1, -0.05) is 30.3 Å². The predicted molar refractivity (Wildman–Crippen MR) is 132 cm³/mol. The van der Waals surface area contributed by atoms with Crippen molar-refractivity contribution in [2.45, 2.75) is 37.6 Å². The summed E-state index contributed by atoms with van der Waals surface area (Å²) in [6, 6.07) is 15.1. The van der Waals surface area contributed by atoms with Crippen LogP contribution in [0.25, 0.3) is 0 Å². The quantitative estimate of drug-likeness (QED) is 0.386. The lowest BCUT2D eigenvalue weighted by molar-refractivity contribution is -0.145. The molecule has 2 aliphatic rings. The molecule has 2 fully saturated rings.